The van der Waals surface area contributed by atoms with Gasteiger partial charge in [-0.2, -0.15) is 21.0 Å². The molecule has 0 saturated carbocycles. The lowest BCUT2D eigenvalue weighted by Crippen LogP contribution is -2.46. The molecule has 2 aromatic heterocycles. The monoisotopic (exact) mass is 1210 g/mol. The summed E-state index contributed by atoms with van der Waals surface area (Å²) < 4.78 is 25.0. The number of esters is 4. The standard InChI is InChI=1S/C72H40N6O10S2/c73-33-45(34-74)59-47-25-13-15-27-49(47)63(79)61(59)77-57-31-55-65(89-57)51-30-54-52(29-53(51)71(55,67(81)85-37-41-17-5-1-6-18-41)68(82)86-38-42-19-7-2-8-20-42)66-56(32-58(90-66)78-62-60(46(35-75)36-76)48-26-14-16-28-50(48)64(62)80)72(54,69(83)87-39-43-21-9-3-10-22-43)70(84)88-40-44-23-11-4-12-24-44/h1-32H,37-40H2/b77-61-,78-62-. The Morgan fingerprint density at radius 3 is 0.933 bits per heavy atom. The van der Waals surface area contributed by atoms with Crippen LogP contribution in [-0.4, -0.2) is 46.9 Å². The minimum Gasteiger partial charge on any atom is -0.459 e. The highest BCUT2D eigenvalue weighted by Gasteiger charge is 2.64. The second-order valence-corrected chi connectivity index (χ2v) is 23.0. The number of hydrogen-bond acceptors (Lipinski definition) is 18. The molecule has 0 spiro atoms. The van der Waals surface area contributed by atoms with Gasteiger partial charge in [-0.05, 0) is 79.9 Å². The Hall–Kier alpha value is -12.1. The van der Waals surface area contributed by atoms with Crippen LogP contribution in [0.15, 0.2) is 215 Å². The maximum atomic E-state index is 15.9. The quantitative estimate of drug-likeness (QED) is 0.0424. The highest BCUT2D eigenvalue weighted by molar-refractivity contribution is 7.20. The molecular weight excluding hydrogens is 1170 g/mol. The molecule has 0 fully saturated rings. The summed E-state index contributed by atoms with van der Waals surface area (Å²) in [6.45, 7) is -1.30. The van der Waals surface area contributed by atoms with E-state index in [0.717, 1.165) is 22.7 Å². The summed E-state index contributed by atoms with van der Waals surface area (Å²) in [4.78, 5) is 103. The largest absolute Gasteiger partial charge is 0.459 e. The van der Waals surface area contributed by atoms with E-state index in [1.807, 2.05) is 24.3 Å². The molecular formula is C72H40N6O10S2. The molecule has 18 heteroatoms. The summed E-state index contributed by atoms with van der Waals surface area (Å²) >= 11 is 1.88. The van der Waals surface area contributed by atoms with Crippen LogP contribution in [-0.2, 0) is 75.4 Å². The topological polar surface area (TPSA) is 259 Å². The summed E-state index contributed by atoms with van der Waals surface area (Å²) in [7, 11) is 0. The summed E-state index contributed by atoms with van der Waals surface area (Å²) in [5.74, 6) is -5.59. The number of thiophene rings is 2. The van der Waals surface area contributed by atoms with Crippen LogP contribution < -0.4 is 0 Å². The third-order valence-electron chi connectivity index (χ3n) is 16.0. The number of allylic oxidation sites excluding steroid dienone is 4. The molecule has 4 aliphatic rings. The first kappa shape index (κ1) is 57.0. The highest BCUT2D eigenvalue weighted by atomic mass is 32.1. The number of hydrogen-bond donors (Lipinski definition) is 0. The third-order valence-corrected chi connectivity index (χ3v) is 18.1. The summed E-state index contributed by atoms with van der Waals surface area (Å²) in [6, 6.07) is 61.4. The lowest BCUT2D eigenvalue weighted by atomic mass is 9.75. The Kier molecular flexibility index (Phi) is 14.8. The average Bonchev–Trinajstić information content (AvgIpc) is 1.51. The number of fused-ring (bicyclic) bond motifs is 8. The Morgan fingerprint density at radius 2 is 0.644 bits per heavy atom. The minimum atomic E-state index is -2.55. The molecule has 13 rings (SSSR count). The Labute approximate surface area is 521 Å². The van der Waals surface area contributed by atoms with Crippen molar-refractivity contribution < 1.29 is 47.7 Å². The second-order valence-electron chi connectivity index (χ2n) is 21.0. The predicted molar refractivity (Wildman–Crippen MR) is 332 cm³/mol. The molecule has 0 amide bonds. The Morgan fingerprint density at radius 1 is 0.367 bits per heavy atom. The van der Waals surface area contributed by atoms with E-state index in [2.05, 4.69) is 0 Å². The van der Waals surface area contributed by atoms with Gasteiger partial charge in [0.05, 0.1) is 0 Å². The molecule has 7 aromatic carbocycles. The number of carbonyl (C=O) groups excluding carboxylic acids is 6. The van der Waals surface area contributed by atoms with E-state index in [-0.39, 0.29) is 124 Å². The number of nitriles is 4. The van der Waals surface area contributed by atoms with Gasteiger partial charge in [0.1, 0.15) is 83.3 Å². The average molecular weight is 1210 g/mol. The molecule has 2 heterocycles. The van der Waals surface area contributed by atoms with E-state index in [4.69, 9.17) is 28.9 Å². The van der Waals surface area contributed by atoms with Crippen molar-refractivity contribution in [2.24, 2.45) is 9.98 Å². The van der Waals surface area contributed by atoms with Gasteiger partial charge in [-0.15, -0.1) is 22.7 Å². The number of rotatable bonds is 14. The summed E-state index contributed by atoms with van der Waals surface area (Å²) in [6.07, 6.45) is 0. The molecule has 16 nitrogen and oxygen atoms in total. The van der Waals surface area contributed by atoms with Crippen LogP contribution in [0.5, 0.6) is 0 Å². The van der Waals surface area contributed by atoms with Gasteiger partial charge < -0.3 is 18.9 Å². The first-order valence-electron chi connectivity index (χ1n) is 27.8. The van der Waals surface area contributed by atoms with Gasteiger partial charge in [-0.3, -0.25) is 28.8 Å². The van der Waals surface area contributed by atoms with E-state index in [1.54, 1.807) is 170 Å². The van der Waals surface area contributed by atoms with Crippen LogP contribution in [0.25, 0.3) is 32.0 Å². The molecule has 0 atom stereocenters. The third kappa shape index (κ3) is 9.32. The van der Waals surface area contributed by atoms with Crippen molar-refractivity contribution in [1.82, 2.24) is 0 Å². The van der Waals surface area contributed by atoms with E-state index >= 15 is 19.2 Å². The van der Waals surface area contributed by atoms with Crippen molar-refractivity contribution in [2.45, 2.75) is 37.3 Å². The SMILES string of the molecule is N#CC(C#N)=C1/C(=N/c2cc3c(s2)-c2cc4c(cc2C3(C(=O)OCc2ccccc2)C(=O)OCc2ccccc2)-c2sc(/N=C3\C(=O)c5ccccc5C3=C(C#N)C#N)cc2C4(C(=O)OCc2ccccc2)C(=O)OCc2ccccc2)C(=O)c2ccccc21. The molecule has 0 aliphatic heterocycles. The molecule has 0 radical (unpaired) electrons. The summed E-state index contributed by atoms with van der Waals surface area (Å²) in [5, 5.41) is 41.0. The van der Waals surface area contributed by atoms with Crippen molar-refractivity contribution in [3.05, 3.63) is 272 Å². The van der Waals surface area contributed by atoms with E-state index in [9.17, 15) is 30.6 Å². The van der Waals surface area contributed by atoms with Crippen molar-refractivity contribution >= 4 is 90.7 Å². The molecule has 4 aliphatic carbocycles. The fraction of sp³-hybridized carbons (Fsp3) is 0.0833. The van der Waals surface area contributed by atoms with Gasteiger partial charge in [0.25, 0.3) is 0 Å². The lowest BCUT2D eigenvalue weighted by Gasteiger charge is -2.29. The van der Waals surface area contributed by atoms with Crippen molar-refractivity contribution in [3.8, 4) is 45.2 Å². The number of nitrogens with zero attached hydrogens (tertiary/aromatic N) is 6. The van der Waals surface area contributed by atoms with Gasteiger partial charge in [0, 0.05) is 43.2 Å². The minimum absolute atomic E-state index is 0.00310. The number of Topliss-reactive ketones (excluding diaryl/α,β-unsaturated/α-hetero) is 2. The van der Waals surface area contributed by atoms with Crippen LogP contribution in [0.3, 0.4) is 0 Å². The van der Waals surface area contributed by atoms with Gasteiger partial charge in [-0.25, -0.2) is 9.98 Å². The van der Waals surface area contributed by atoms with Crippen molar-refractivity contribution in [1.29, 1.82) is 21.0 Å². The van der Waals surface area contributed by atoms with Crippen molar-refractivity contribution in [3.63, 3.8) is 0 Å². The number of aliphatic imine (C=N–C) groups is 2. The Balaban J connectivity index is 1.08. The number of ether oxygens (including phenoxy) is 4. The molecule has 0 N–H and O–H groups in total. The summed E-state index contributed by atoms with van der Waals surface area (Å²) in [5.41, 5.74) is -2.93. The molecule has 0 bridgehead atoms. The number of ketones is 2. The molecule has 0 saturated heterocycles. The van der Waals surface area contributed by atoms with Gasteiger partial charge >= 0.3 is 23.9 Å². The first-order chi connectivity index (χ1) is 43.9. The van der Waals surface area contributed by atoms with Gasteiger partial charge in [0.15, 0.2) is 0 Å². The van der Waals surface area contributed by atoms with Gasteiger partial charge in [-0.1, -0.05) is 170 Å². The zero-order valence-electron chi connectivity index (χ0n) is 46.9. The maximum absolute atomic E-state index is 15.9. The van der Waals surface area contributed by atoms with E-state index in [1.165, 1.54) is 24.3 Å². The highest BCUT2D eigenvalue weighted by Crippen LogP contribution is 2.62. The molecule has 0 unspecified atom stereocenters. The molecule has 90 heavy (non-hydrogen) atoms. The van der Waals surface area contributed by atoms with E-state index in [0.29, 0.717) is 33.4 Å². The fourth-order valence-electron chi connectivity index (χ4n) is 11.8. The van der Waals surface area contributed by atoms with Crippen LogP contribution in [0.1, 0.15) is 76.4 Å². The van der Waals surface area contributed by atoms with Gasteiger partial charge in [0.2, 0.25) is 22.4 Å². The number of carbonyl (C=O) groups is 6. The van der Waals surface area contributed by atoms with Crippen LogP contribution in [0, 0.1) is 45.3 Å². The smallest absolute Gasteiger partial charge is 0.333 e. The van der Waals surface area contributed by atoms with Crippen LogP contribution in [0.2, 0.25) is 0 Å². The molecule has 430 valence electrons. The van der Waals surface area contributed by atoms with Crippen molar-refractivity contribution in [2.75, 3.05) is 0 Å². The lowest BCUT2D eigenvalue weighted by molar-refractivity contribution is -0.166. The zero-order valence-corrected chi connectivity index (χ0v) is 48.5. The normalized spacial score (nSPS) is 14.8. The van der Waals surface area contributed by atoms with E-state index < -0.39 is 46.3 Å². The zero-order chi connectivity index (χ0) is 62.3. The first-order valence-corrected chi connectivity index (χ1v) is 29.5. The van der Waals surface area contributed by atoms with Crippen LogP contribution in [0.4, 0.5) is 10.0 Å². The Bertz CT molecular complexity index is 4450. The van der Waals surface area contributed by atoms with Crippen LogP contribution >= 0.6 is 22.7 Å². The second kappa shape index (κ2) is 23.3. The maximum Gasteiger partial charge on any atom is 0.333 e. The predicted octanol–water partition coefficient (Wildman–Crippen LogP) is 12.9. The number of benzene rings is 7. The fourth-order valence-corrected chi connectivity index (χ4v) is 14.1. The molecule has 9 aromatic rings.